The fraction of sp³-hybridized carbons (Fsp3) is 0.250. The van der Waals surface area contributed by atoms with E-state index >= 15 is 0 Å². The van der Waals surface area contributed by atoms with Gasteiger partial charge in [-0.1, -0.05) is 36.4 Å². The van der Waals surface area contributed by atoms with Crippen LogP contribution in [-0.2, 0) is 22.4 Å². The maximum absolute atomic E-state index is 13.0. The third-order valence-corrected chi connectivity index (χ3v) is 6.01. The van der Waals surface area contributed by atoms with Crippen LogP contribution in [0.25, 0.3) is 10.8 Å². The Bertz CT molecular complexity index is 1130. The molecule has 0 saturated carbocycles. The summed E-state index contributed by atoms with van der Waals surface area (Å²) in [6, 6.07) is 17.8. The Morgan fingerprint density at radius 3 is 2.66 bits per heavy atom. The molecule has 1 N–H and O–H groups in total. The van der Waals surface area contributed by atoms with Crippen molar-refractivity contribution in [3.8, 4) is 5.75 Å². The Kier molecular flexibility index (Phi) is 4.23. The van der Waals surface area contributed by atoms with Crippen molar-refractivity contribution in [1.82, 2.24) is 0 Å². The van der Waals surface area contributed by atoms with Gasteiger partial charge in [-0.15, -0.1) is 0 Å². The Balaban J connectivity index is 1.39. The molecule has 1 unspecified atom stereocenters. The van der Waals surface area contributed by atoms with E-state index in [1.165, 1.54) is 16.5 Å². The fourth-order valence-electron chi connectivity index (χ4n) is 4.56. The minimum atomic E-state index is -0.393. The first-order valence-electron chi connectivity index (χ1n) is 9.93. The van der Waals surface area contributed by atoms with Gasteiger partial charge in [0.1, 0.15) is 5.75 Å². The van der Waals surface area contributed by atoms with E-state index < -0.39 is 5.92 Å². The van der Waals surface area contributed by atoms with E-state index in [-0.39, 0.29) is 18.2 Å². The highest BCUT2D eigenvalue weighted by Crippen LogP contribution is 2.36. The molecule has 5 heteroatoms. The van der Waals surface area contributed by atoms with Crippen molar-refractivity contribution in [2.24, 2.45) is 5.92 Å². The van der Waals surface area contributed by atoms with Crippen LogP contribution in [0, 0.1) is 5.92 Å². The van der Waals surface area contributed by atoms with Gasteiger partial charge in [0, 0.05) is 24.0 Å². The van der Waals surface area contributed by atoms with Crippen LogP contribution in [0.2, 0.25) is 0 Å². The summed E-state index contributed by atoms with van der Waals surface area (Å²) in [5.74, 6) is 0.0642. The smallest absolute Gasteiger partial charge is 0.229 e. The molecule has 1 atom stereocenters. The lowest BCUT2D eigenvalue weighted by Gasteiger charge is -2.19. The summed E-state index contributed by atoms with van der Waals surface area (Å²) in [5.41, 5.74) is 4.21. The van der Waals surface area contributed by atoms with E-state index in [1.807, 2.05) is 36.4 Å². The lowest BCUT2D eigenvalue weighted by atomic mass is 10.0. The summed E-state index contributed by atoms with van der Waals surface area (Å²) in [5, 5.41) is 5.43. The first-order chi connectivity index (χ1) is 14.2. The molecular weight excluding hydrogens is 364 g/mol. The SMILES string of the molecule is COc1ccccc1N1CC(C(=O)Nc2ccc3c4c(cccc24)CC3)CC1=O. The summed E-state index contributed by atoms with van der Waals surface area (Å²) in [4.78, 5) is 27.3. The zero-order chi connectivity index (χ0) is 20.0. The zero-order valence-corrected chi connectivity index (χ0v) is 16.3. The molecule has 2 amide bonds. The Labute approximate surface area is 169 Å². The summed E-state index contributed by atoms with van der Waals surface area (Å²) in [6.07, 6.45) is 2.30. The molecule has 2 aliphatic rings. The molecule has 0 bridgehead atoms. The number of nitrogens with zero attached hydrogens (tertiary/aromatic N) is 1. The molecule has 1 saturated heterocycles. The Hall–Kier alpha value is -3.34. The number of carbonyl (C=O) groups excluding carboxylic acids is 2. The molecule has 5 rings (SSSR count). The van der Waals surface area contributed by atoms with Crippen molar-refractivity contribution in [3.63, 3.8) is 0 Å². The average molecular weight is 386 g/mol. The van der Waals surface area contributed by atoms with Crippen LogP contribution in [0.15, 0.2) is 54.6 Å². The van der Waals surface area contributed by atoms with Gasteiger partial charge in [0.05, 0.1) is 18.7 Å². The largest absolute Gasteiger partial charge is 0.495 e. The topological polar surface area (TPSA) is 58.6 Å². The highest BCUT2D eigenvalue weighted by atomic mass is 16.5. The third kappa shape index (κ3) is 2.94. The number of hydrogen-bond donors (Lipinski definition) is 1. The van der Waals surface area contributed by atoms with Crippen molar-refractivity contribution in [3.05, 3.63) is 65.7 Å². The summed E-state index contributed by atoms with van der Waals surface area (Å²) in [7, 11) is 1.58. The Morgan fingerprint density at radius 2 is 1.83 bits per heavy atom. The van der Waals surface area contributed by atoms with Crippen LogP contribution in [0.1, 0.15) is 17.5 Å². The highest BCUT2D eigenvalue weighted by Gasteiger charge is 2.36. The number of benzene rings is 3. The van der Waals surface area contributed by atoms with Crippen molar-refractivity contribution in [2.45, 2.75) is 19.3 Å². The summed E-state index contributed by atoms with van der Waals surface area (Å²) >= 11 is 0. The molecule has 1 aliphatic heterocycles. The molecule has 3 aromatic rings. The van der Waals surface area contributed by atoms with E-state index in [0.717, 1.165) is 23.9 Å². The number of hydrogen-bond acceptors (Lipinski definition) is 3. The first-order valence-corrected chi connectivity index (χ1v) is 9.93. The van der Waals surface area contributed by atoms with Crippen molar-refractivity contribution >= 4 is 34.0 Å². The predicted octanol–water partition coefficient (Wildman–Crippen LogP) is 3.94. The maximum atomic E-state index is 13.0. The molecule has 1 fully saturated rings. The maximum Gasteiger partial charge on any atom is 0.229 e. The third-order valence-electron chi connectivity index (χ3n) is 6.01. The van der Waals surface area contributed by atoms with Gasteiger partial charge in [-0.3, -0.25) is 9.59 Å². The predicted molar refractivity (Wildman–Crippen MR) is 113 cm³/mol. The van der Waals surface area contributed by atoms with Gasteiger partial charge in [-0.2, -0.15) is 0 Å². The molecule has 1 aliphatic carbocycles. The molecule has 0 aromatic heterocycles. The van der Waals surface area contributed by atoms with Crippen LogP contribution in [-0.4, -0.2) is 25.5 Å². The van der Waals surface area contributed by atoms with Gasteiger partial charge in [0.2, 0.25) is 11.8 Å². The lowest BCUT2D eigenvalue weighted by molar-refractivity contribution is -0.122. The standard InChI is InChI=1S/C24H22N2O3/c1-29-21-8-3-2-7-20(21)26-14-17(13-22(26)27)24(28)25-19-12-11-16-10-9-15-5-4-6-18(19)23(15)16/h2-8,11-12,17H,9-10,13-14H2,1H3,(H,25,28). The van der Waals surface area contributed by atoms with E-state index in [4.69, 9.17) is 4.74 Å². The second-order valence-electron chi connectivity index (χ2n) is 7.68. The minimum Gasteiger partial charge on any atom is -0.495 e. The van der Waals surface area contributed by atoms with Gasteiger partial charge >= 0.3 is 0 Å². The second kappa shape index (κ2) is 6.92. The Morgan fingerprint density at radius 1 is 1.03 bits per heavy atom. The number of amides is 2. The van der Waals surface area contributed by atoms with Crippen molar-refractivity contribution in [2.75, 3.05) is 23.9 Å². The average Bonchev–Trinajstić information content (AvgIpc) is 3.35. The number of aryl methyl sites for hydroxylation is 2. The molecule has 1 heterocycles. The highest BCUT2D eigenvalue weighted by molar-refractivity contribution is 6.08. The summed E-state index contributed by atoms with van der Waals surface area (Å²) in [6.45, 7) is 0.353. The first kappa shape index (κ1) is 17.7. The molecule has 5 nitrogen and oxygen atoms in total. The number of anilines is 2. The van der Waals surface area contributed by atoms with Crippen molar-refractivity contribution in [1.29, 1.82) is 0 Å². The van der Waals surface area contributed by atoms with E-state index in [1.54, 1.807) is 12.0 Å². The van der Waals surface area contributed by atoms with Crippen LogP contribution >= 0.6 is 0 Å². The zero-order valence-electron chi connectivity index (χ0n) is 16.3. The molecule has 29 heavy (non-hydrogen) atoms. The van der Waals surface area contributed by atoms with Crippen LogP contribution in [0.3, 0.4) is 0 Å². The van der Waals surface area contributed by atoms with E-state index in [2.05, 4.69) is 23.5 Å². The number of para-hydroxylation sites is 2. The quantitative estimate of drug-likeness (QED) is 0.739. The molecule has 3 aromatic carbocycles. The van der Waals surface area contributed by atoms with Gasteiger partial charge in [0.15, 0.2) is 0 Å². The molecule has 0 spiro atoms. The number of carbonyl (C=O) groups is 2. The van der Waals surface area contributed by atoms with Gasteiger partial charge in [-0.25, -0.2) is 0 Å². The fourth-order valence-corrected chi connectivity index (χ4v) is 4.56. The summed E-state index contributed by atoms with van der Waals surface area (Å²) < 4.78 is 5.38. The van der Waals surface area contributed by atoms with Crippen molar-refractivity contribution < 1.29 is 14.3 Å². The number of methoxy groups -OCH3 is 1. The van der Waals surface area contributed by atoms with Crippen LogP contribution in [0.4, 0.5) is 11.4 Å². The van der Waals surface area contributed by atoms with E-state index in [0.29, 0.717) is 18.0 Å². The van der Waals surface area contributed by atoms with Crippen LogP contribution in [0.5, 0.6) is 5.75 Å². The normalized spacial score (nSPS) is 17.8. The van der Waals surface area contributed by atoms with Gasteiger partial charge < -0.3 is 15.0 Å². The monoisotopic (exact) mass is 386 g/mol. The number of rotatable bonds is 4. The minimum absolute atomic E-state index is 0.0601. The van der Waals surface area contributed by atoms with Gasteiger partial charge in [0.25, 0.3) is 0 Å². The van der Waals surface area contributed by atoms with Crippen LogP contribution < -0.4 is 15.0 Å². The second-order valence-corrected chi connectivity index (χ2v) is 7.68. The number of nitrogens with one attached hydrogen (secondary N) is 1. The lowest BCUT2D eigenvalue weighted by Crippen LogP contribution is -2.28. The van der Waals surface area contributed by atoms with E-state index in [9.17, 15) is 9.59 Å². The molecule has 0 radical (unpaired) electrons. The number of ether oxygens (including phenoxy) is 1. The van der Waals surface area contributed by atoms with Gasteiger partial charge in [-0.05, 0) is 47.6 Å². The molecule has 146 valence electrons. The molecular formula is C24H22N2O3.